The minimum Gasteiger partial charge on any atom is -0.455 e. The van der Waals surface area contributed by atoms with Gasteiger partial charge in [0, 0.05) is 10.6 Å². The third-order valence-corrected chi connectivity index (χ3v) is 3.98. The minimum absolute atomic E-state index is 0.416. The normalized spacial score (nSPS) is 11.9. The van der Waals surface area contributed by atoms with Crippen LogP contribution in [0, 0.1) is 0 Å². The average Bonchev–Trinajstić information content (AvgIpc) is 3.05. The van der Waals surface area contributed by atoms with Gasteiger partial charge < -0.3 is 4.42 Å². The maximum atomic E-state index is 12.5. The van der Waals surface area contributed by atoms with E-state index in [-0.39, 0.29) is 0 Å². The zero-order valence-electron chi connectivity index (χ0n) is 13.0. The Hall–Kier alpha value is -2.44. The number of rotatable bonds is 4. The summed E-state index contributed by atoms with van der Waals surface area (Å²) >= 11 is 12.1. The Labute approximate surface area is 157 Å². The lowest BCUT2D eigenvalue weighted by Gasteiger charge is -2.06. The van der Waals surface area contributed by atoms with Crippen LogP contribution in [0.15, 0.2) is 64.1 Å². The predicted molar refractivity (Wildman–Crippen MR) is 96.8 cm³/mol. The third kappa shape index (κ3) is 4.39. The van der Waals surface area contributed by atoms with E-state index in [9.17, 15) is 13.2 Å². The van der Waals surface area contributed by atoms with Crippen molar-refractivity contribution in [2.45, 2.75) is 6.18 Å². The summed E-state index contributed by atoms with van der Waals surface area (Å²) < 4.78 is 43.2. The smallest absolute Gasteiger partial charge is 0.416 e. The first-order valence-electron chi connectivity index (χ1n) is 7.34. The zero-order chi connectivity index (χ0) is 18.7. The second-order valence-electron chi connectivity index (χ2n) is 5.27. The van der Waals surface area contributed by atoms with Crippen LogP contribution in [0.1, 0.15) is 11.3 Å². The van der Waals surface area contributed by atoms with Crippen molar-refractivity contribution >= 4 is 35.1 Å². The van der Waals surface area contributed by atoms with Crippen molar-refractivity contribution in [1.29, 1.82) is 0 Å². The van der Waals surface area contributed by atoms with Gasteiger partial charge in [0.2, 0.25) is 0 Å². The van der Waals surface area contributed by atoms with Crippen LogP contribution < -0.4 is 5.43 Å². The number of anilines is 1. The second kappa shape index (κ2) is 7.43. The molecule has 0 aliphatic carbocycles. The molecule has 3 nitrogen and oxygen atoms in total. The van der Waals surface area contributed by atoms with Crippen LogP contribution in [0.5, 0.6) is 0 Å². The second-order valence-corrected chi connectivity index (χ2v) is 6.11. The Kier molecular flexibility index (Phi) is 5.25. The van der Waals surface area contributed by atoms with Crippen molar-refractivity contribution in [2.75, 3.05) is 5.43 Å². The first kappa shape index (κ1) is 18.4. The van der Waals surface area contributed by atoms with Gasteiger partial charge in [-0.1, -0.05) is 23.2 Å². The molecule has 0 aliphatic heterocycles. The van der Waals surface area contributed by atoms with Gasteiger partial charge in [-0.25, -0.2) is 0 Å². The molecule has 0 fully saturated rings. The molecular formula is C18H11Cl2F3N2O. The quantitative estimate of drug-likeness (QED) is 0.391. The summed E-state index contributed by atoms with van der Waals surface area (Å²) in [6, 6.07) is 13.0. The Bertz CT molecular complexity index is 934. The number of benzene rings is 2. The number of hydrogen-bond donors (Lipinski definition) is 1. The molecule has 0 spiro atoms. The topological polar surface area (TPSA) is 37.5 Å². The molecule has 0 unspecified atom stereocenters. The lowest BCUT2D eigenvalue weighted by molar-refractivity contribution is -0.137. The van der Waals surface area contributed by atoms with E-state index >= 15 is 0 Å². The highest BCUT2D eigenvalue weighted by Crippen LogP contribution is 2.32. The van der Waals surface area contributed by atoms with E-state index in [1.165, 1.54) is 18.3 Å². The molecule has 1 heterocycles. The molecular weight excluding hydrogens is 388 g/mol. The van der Waals surface area contributed by atoms with Gasteiger partial charge in [-0.15, -0.1) is 0 Å². The van der Waals surface area contributed by atoms with E-state index in [0.717, 1.165) is 12.1 Å². The number of furan rings is 1. The summed E-state index contributed by atoms with van der Waals surface area (Å²) in [6.07, 6.45) is -2.96. The molecule has 0 saturated heterocycles. The highest BCUT2D eigenvalue weighted by Gasteiger charge is 2.29. The van der Waals surface area contributed by atoms with Crippen molar-refractivity contribution < 1.29 is 17.6 Å². The average molecular weight is 399 g/mol. The van der Waals surface area contributed by atoms with Crippen LogP contribution in [0.2, 0.25) is 10.0 Å². The van der Waals surface area contributed by atoms with Gasteiger partial charge in [-0.2, -0.15) is 18.3 Å². The van der Waals surface area contributed by atoms with Crippen molar-refractivity contribution in [3.05, 3.63) is 76.0 Å². The first-order chi connectivity index (χ1) is 12.3. The van der Waals surface area contributed by atoms with Gasteiger partial charge in [-0.3, -0.25) is 5.43 Å². The molecule has 134 valence electrons. The number of halogens is 5. The lowest BCUT2D eigenvalue weighted by Crippen LogP contribution is -2.04. The summed E-state index contributed by atoms with van der Waals surface area (Å²) in [5, 5.41) is 4.96. The van der Waals surface area contributed by atoms with Gasteiger partial charge in [0.15, 0.2) is 0 Å². The molecule has 2 aromatic carbocycles. The summed E-state index contributed by atoms with van der Waals surface area (Å²) in [5.74, 6) is 0.962. The number of nitrogens with one attached hydrogen (secondary N) is 1. The van der Waals surface area contributed by atoms with Gasteiger partial charge in [0.25, 0.3) is 0 Å². The standard InChI is InChI=1S/C18H11Cl2F3N2O/c19-12-3-7-16(20)15(9-12)17-8-6-14(26-17)10-24-25-13-4-1-11(2-5-13)18(21,22)23/h1-10,25H/b24-10+. The fourth-order valence-corrected chi connectivity index (χ4v) is 2.54. The molecule has 3 aromatic rings. The molecule has 1 aromatic heterocycles. The van der Waals surface area contributed by atoms with Crippen LogP contribution in [0.3, 0.4) is 0 Å². The molecule has 0 aliphatic rings. The zero-order valence-corrected chi connectivity index (χ0v) is 14.5. The monoisotopic (exact) mass is 398 g/mol. The van der Waals surface area contributed by atoms with Crippen molar-refractivity contribution in [3.8, 4) is 11.3 Å². The van der Waals surface area contributed by atoms with Crippen LogP contribution >= 0.6 is 23.2 Å². The highest BCUT2D eigenvalue weighted by atomic mass is 35.5. The van der Waals surface area contributed by atoms with E-state index in [1.54, 1.807) is 30.3 Å². The van der Waals surface area contributed by atoms with Gasteiger partial charge in [-0.05, 0) is 54.6 Å². The van der Waals surface area contributed by atoms with E-state index in [1.807, 2.05) is 0 Å². The molecule has 0 amide bonds. The molecule has 0 bridgehead atoms. The van der Waals surface area contributed by atoms with Gasteiger partial charge in [0.05, 0.1) is 22.5 Å². The van der Waals surface area contributed by atoms with Crippen LogP contribution in [0.4, 0.5) is 18.9 Å². The number of alkyl halides is 3. The van der Waals surface area contributed by atoms with Crippen LogP contribution in [0.25, 0.3) is 11.3 Å². The summed E-state index contributed by atoms with van der Waals surface area (Å²) in [7, 11) is 0. The minimum atomic E-state index is -4.37. The van der Waals surface area contributed by atoms with Gasteiger partial charge in [0.1, 0.15) is 11.5 Å². The Balaban J connectivity index is 1.68. The maximum Gasteiger partial charge on any atom is 0.416 e. The molecule has 1 N–H and O–H groups in total. The van der Waals surface area contributed by atoms with E-state index in [4.69, 9.17) is 27.6 Å². The molecule has 8 heteroatoms. The van der Waals surface area contributed by atoms with Gasteiger partial charge >= 0.3 is 6.18 Å². The van der Waals surface area contributed by atoms with Crippen molar-refractivity contribution in [2.24, 2.45) is 5.10 Å². The van der Waals surface area contributed by atoms with Crippen molar-refractivity contribution in [1.82, 2.24) is 0 Å². The fourth-order valence-electron chi connectivity index (χ4n) is 2.16. The molecule has 0 radical (unpaired) electrons. The molecule has 26 heavy (non-hydrogen) atoms. The number of hydrazone groups is 1. The molecule has 0 atom stereocenters. The number of nitrogens with zero attached hydrogens (tertiary/aromatic N) is 1. The summed E-state index contributed by atoms with van der Waals surface area (Å²) in [4.78, 5) is 0. The van der Waals surface area contributed by atoms with Crippen molar-refractivity contribution in [3.63, 3.8) is 0 Å². The molecule has 3 rings (SSSR count). The Morgan fingerprint density at radius 2 is 1.69 bits per heavy atom. The highest BCUT2D eigenvalue weighted by molar-refractivity contribution is 6.35. The lowest BCUT2D eigenvalue weighted by atomic mass is 10.2. The SMILES string of the molecule is FC(F)(F)c1ccc(N/N=C/c2ccc(-c3cc(Cl)ccc3Cl)o2)cc1. The Morgan fingerprint density at radius 1 is 0.962 bits per heavy atom. The molecule has 0 saturated carbocycles. The van der Waals surface area contributed by atoms with Crippen LogP contribution in [-0.4, -0.2) is 6.21 Å². The third-order valence-electron chi connectivity index (χ3n) is 3.42. The summed E-state index contributed by atoms with van der Waals surface area (Å²) in [5.41, 5.74) is 2.98. The summed E-state index contributed by atoms with van der Waals surface area (Å²) in [6.45, 7) is 0. The predicted octanol–water partition coefficient (Wildman–Crippen LogP) is 6.72. The van der Waals surface area contributed by atoms with E-state index < -0.39 is 11.7 Å². The fraction of sp³-hybridized carbons (Fsp3) is 0.0556. The van der Waals surface area contributed by atoms with E-state index in [2.05, 4.69) is 10.5 Å². The van der Waals surface area contributed by atoms with E-state index in [0.29, 0.717) is 32.8 Å². The first-order valence-corrected chi connectivity index (χ1v) is 8.10. The largest absolute Gasteiger partial charge is 0.455 e. The Morgan fingerprint density at radius 3 is 2.38 bits per heavy atom. The number of hydrogen-bond acceptors (Lipinski definition) is 3. The van der Waals surface area contributed by atoms with Crippen LogP contribution in [-0.2, 0) is 6.18 Å². The maximum absolute atomic E-state index is 12.5.